The fourth-order valence-electron chi connectivity index (χ4n) is 0.807. The minimum absolute atomic E-state index is 0.493. The summed E-state index contributed by atoms with van der Waals surface area (Å²) < 4.78 is 5.15. The predicted octanol–water partition coefficient (Wildman–Crippen LogP) is 2.89. The van der Waals surface area contributed by atoms with Gasteiger partial charge in [-0.1, -0.05) is 27.7 Å². The third-order valence-electron chi connectivity index (χ3n) is 1.54. The van der Waals surface area contributed by atoms with E-state index in [4.69, 9.17) is 10.2 Å². The number of hydrogen-bond acceptors (Lipinski definition) is 2. The number of rotatable bonds is 2. The Hall–Kier alpha value is -0.760. The van der Waals surface area contributed by atoms with Crippen molar-refractivity contribution in [2.45, 2.75) is 40.2 Å². The van der Waals surface area contributed by atoms with Gasteiger partial charge in [-0.25, -0.2) is 0 Å². The maximum absolute atomic E-state index is 5.37. The van der Waals surface area contributed by atoms with Crippen molar-refractivity contribution < 1.29 is 4.42 Å². The van der Waals surface area contributed by atoms with Gasteiger partial charge in [0.05, 0.1) is 12.8 Å². The van der Waals surface area contributed by atoms with Gasteiger partial charge in [-0.3, -0.25) is 0 Å². The van der Waals surface area contributed by atoms with Gasteiger partial charge in [-0.15, -0.1) is 0 Å². The summed E-state index contributed by atoms with van der Waals surface area (Å²) in [5.74, 6) is 1.40. The Morgan fingerprint density at radius 1 is 1.42 bits per heavy atom. The molecule has 0 aliphatic rings. The van der Waals surface area contributed by atoms with Crippen molar-refractivity contribution in [1.82, 2.24) is 0 Å². The largest absolute Gasteiger partial charge is 0.468 e. The zero-order valence-electron chi connectivity index (χ0n) is 8.42. The molecule has 0 unspecified atom stereocenters. The molecule has 0 spiro atoms. The molecule has 1 heterocycles. The molecule has 0 aliphatic carbocycles. The first kappa shape index (κ1) is 11.2. The van der Waals surface area contributed by atoms with E-state index in [-0.39, 0.29) is 0 Å². The maximum atomic E-state index is 5.37. The second kappa shape index (κ2) is 5.84. The summed E-state index contributed by atoms with van der Waals surface area (Å²) >= 11 is 0. The van der Waals surface area contributed by atoms with Crippen molar-refractivity contribution in [3.05, 3.63) is 23.7 Å². The van der Waals surface area contributed by atoms with Crippen molar-refractivity contribution in [2.75, 3.05) is 0 Å². The lowest BCUT2D eigenvalue weighted by Gasteiger charge is -1.95. The number of furan rings is 1. The van der Waals surface area contributed by atoms with Crippen molar-refractivity contribution in [1.29, 1.82) is 0 Å². The van der Waals surface area contributed by atoms with Crippen molar-refractivity contribution >= 4 is 0 Å². The lowest BCUT2D eigenvalue weighted by molar-refractivity contribution is 0.509. The van der Waals surface area contributed by atoms with Crippen molar-refractivity contribution in [2.24, 2.45) is 5.73 Å². The lowest BCUT2D eigenvalue weighted by Crippen LogP contribution is -1.93. The SMILES string of the molecule is CC.CC(C)c1coc(CN)c1. The van der Waals surface area contributed by atoms with E-state index < -0.39 is 0 Å². The topological polar surface area (TPSA) is 39.2 Å². The van der Waals surface area contributed by atoms with Gasteiger partial charge < -0.3 is 10.2 Å². The van der Waals surface area contributed by atoms with Crippen molar-refractivity contribution in [3.8, 4) is 0 Å². The molecule has 0 aromatic carbocycles. The van der Waals surface area contributed by atoms with Crippen LogP contribution in [0.4, 0.5) is 0 Å². The molecular weight excluding hydrogens is 150 g/mol. The van der Waals surface area contributed by atoms with Crippen LogP contribution in [-0.4, -0.2) is 0 Å². The Morgan fingerprint density at radius 2 is 2.00 bits per heavy atom. The Morgan fingerprint density at radius 3 is 2.25 bits per heavy atom. The Labute approximate surface area is 74.8 Å². The molecule has 0 amide bonds. The highest BCUT2D eigenvalue weighted by molar-refractivity contribution is 5.15. The van der Waals surface area contributed by atoms with Crippen LogP contribution in [0.25, 0.3) is 0 Å². The molecule has 0 radical (unpaired) electrons. The predicted molar refractivity (Wildman–Crippen MR) is 52.0 cm³/mol. The molecule has 0 aliphatic heterocycles. The fourth-order valence-corrected chi connectivity index (χ4v) is 0.807. The van der Waals surface area contributed by atoms with Crippen LogP contribution in [0, 0.1) is 0 Å². The summed E-state index contributed by atoms with van der Waals surface area (Å²) in [6.07, 6.45) is 1.77. The van der Waals surface area contributed by atoms with Crippen molar-refractivity contribution in [3.63, 3.8) is 0 Å². The molecule has 12 heavy (non-hydrogen) atoms. The molecule has 0 bridgehead atoms. The first-order valence-corrected chi connectivity index (χ1v) is 4.51. The Balaban J connectivity index is 0.000000561. The molecular formula is C10H19NO. The summed E-state index contributed by atoms with van der Waals surface area (Å²) in [5.41, 5.74) is 6.59. The van der Waals surface area contributed by atoms with Gasteiger partial charge >= 0.3 is 0 Å². The van der Waals surface area contributed by atoms with Crippen LogP contribution >= 0.6 is 0 Å². The fraction of sp³-hybridized carbons (Fsp3) is 0.600. The number of nitrogens with two attached hydrogens (primary N) is 1. The molecule has 1 aromatic heterocycles. The summed E-state index contributed by atoms with van der Waals surface area (Å²) in [6.45, 7) is 8.75. The van der Waals surface area contributed by atoms with Gasteiger partial charge in [-0.2, -0.15) is 0 Å². The summed E-state index contributed by atoms with van der Waals surface area (Å²) in [6, 6.07) is 2.00. The van der Waals surface area contributed by atoms with Gasteiger partial charge in [0.2, 0.25) is 0 Å². The maximum Gasteiger partial charge on any atom is 0.117 e. The highest BCUT2D eigenvalue weighted by Crippen LogP contribution is 2.16. The molecule has 2 nitrogen and oxygen atoms in total. The van der Waals surface area contributed by atoms with E-state index in [1.165, 1.54) is 5.56 Å². The van der Waals surface area contributed by atoms with Crippen LogP contribution in [0.15, 0.2) is 16.7 Å². The third-order valence-corrected chi connectivity index (χ3v) is 1.54. The first-order chi connectivity index (χ1) is 5.74. The number of hydrogen-bond donors (Lipinski definition) is 1. The molecule has 0 saturated heterocycles. The molecule has 0 saturated carbocycles. The van der Waals surface area contributed by atoms with E-state index in [9.17, 15) is 0 Å². The molecule has 0 fully saturated rings. The molecule has 1 aromatic rings. The van der Waals surface area contributed by atoms with Gasteiger partial charge in [0.25, 0.3) is 0 Å². The van der Waals surface area contributed by atoms with E-state index in [0.29, 0.717) is 12.5 Å². The quantitative estimate of drug-likeness (QED) is 0.739. The minimum Gasteiger partial charge on any atom is -0.468 e. The smallest absolute Gasteiger partial charge is 0.117 e. The van der Waals surface area contributed by atoms with Crippen LogP contribution in [0.1, 0.15) is 44.9 Å². The van der Waals surface area contributed by atoms with Crippen LogP contribution in [0.3, 0.4) is 0 Å². The summed E-state index contributed by atoms with van der Waals surface area (Å²) in [7, 11) is 0. The van der Waals surface area contributed by atoms with E-state index in [2.05, 4.69) is 13.8 Å². The van der Waals surface area contributed by atoms with Crippen LogP contribution in [-0.2, 0) is 6.54 Å². The van der Waals surface area contributed by atoms with Gasteiger partial charge in [0.15, 0.2) is 0 Å². The first-order valence-electron chi connectivity index (χ1n) is 4.51. The normalized spacial score (nSPS) is 9.50. The molecule has 2 N–H and O–H groups in total. The zero-order valence-corrected chi connectivity index (χ0v) is 8.42. The Bertz CT molecular complexity index is 203. The molecule has 0 atom stereocenters. The average molecular weight is 169 g/mol. The van der Waals surface area contributed by atoms with E-state index in [0.717, 1.165) is 5.76 Å². The van der Waals surface area contributed by atoms with E-state index in [1.54, 1.807) is 6.26 Å². The van der Waals surface area contributed by atoms with E-state index >= 15 is 0 Å². The van der Waals surface area contributed by atoms with Crippen LogP contribution < -0.4 is 5.73 Å². The second-order valence-electron chi connectivity index (χ2n) is 2.71. The highest BCUT2D eigenvalue weighted by Gasteiger charge is 2.02. The third kappa shape index (κ3) is 3.09. The van der Waals surface area contributed by atoms with Gasteiger partial charge in [-0.05, 0) is 17.5 Å². The lowest BCUT2D eigenvalue weighted by atomic mass is 10.1. The molecule has 2 heteroatoms. The average Bonchev–Trinajstić information content (AvgIpc) is 2.55. The van der Waals surface area contributed by atoms with Gasteiger partial charge in [0.1, 0.15) is 5.76 Å². The van der Waals surface area contributed by atoms with Crippen LogP contribution in [0.5, 0.6) is 0 Å². The molecule has 1 rings (SSSR count). The van der Waals surface area contributed by atoms with E-state index in [1.807, 2.05) is 19.9 Å². The standard InChI is InChI=1S/C8H13NO.C2H6/c1-6(2)7-3-8(4-9)10-5-7;1-2/h3,5-6H,4,9H2,1-2H3;1-2H3. The zero-order chi connectivity index (χ0) is 9.56. The monoisotopic (exact) mass is 169 g/mol. The molecule has 70 valence electrons. The van der Waals surface area contributed by atoms with Gasteiger partial charge in [0, 0.05) is 0 Å². The Kier molecular flexibility index (Phi) is 5.47. The minimum atomic E-state index is 0.493. The second-order valence-corrected chi connectivity index (χ2v) is 2.71. The summed E-state index contributed by atoms with van der Waals surface area (Å²) in [5, 5.41) is 0. The van der Waals surface area contributed by atoms with Crippen LogP contribution in [0.2, 0.25) is 0 Å². The highest BCUT2D eigenvalue weighted by atomic mass is 16.3. The summed E-state index contributed by atoms with van der Waals surface area (Å²) in [4.78, 5) is 0.